The maximum absolute atomic E-state index is 6.07. The van der Waals surface area contributed by atoms with Gasteiger partial charge in [0.15, 0.2) is 0 Å². The van der Waals surface area contributed by atoms with Gasteiger partial charge in [0.1, 0.15) is 0 Å². The lowest BCUT2D eigenvalue weighted by Gasteiger charge is -2.45. The highest BCUT2D eigenvalue weighted by atomic mass is 15.0. The molecular weight excluding hydrogens is 220 g/mol. The molecule has 0 heterocycles. The van der Waals surface area contributed by atoms with Crippen molar-refractivity contribution in [2.45, 2.75) is 71.3 Å². The van der Waals surface area contributed by atoms with Gasteiger partial charge in [-0.2, -0.15) is 0 Å². The van der Waals surface area contributed by atoms with Crippen LogP contribution in [0.1, 0.15) is 65.7 Å². The van der Waals surface area contributed by atoms with Gasteiger partial charge in [-0.15, -0.1) is 0 Å². The molecule has 0 aromatic rings. The summed E-state index contributed by atoms with van der Waals surface area (Å²) in [5.74, 6) is 1.85. The number of nitrogens with two attached hydrogens (primary N) is 1. The van der Waals surface area contributed by atoms with E-state index in [4.69, 9.17) is 5.73 Å². The zero-order valence-electron chi connectivity index (χ0n) is 12.6. The van der Waals surface area contributed by atoms with Crippen LogP contribution in [0.15, 0.2) is 0 Å². The normalized spacial score (nSPS) is 33.7. The van der Waals surface area contributed by atoms with Gasteiger partial charge in [0.05, 0.1) is 0 Å². The van der Waals surface area contributed by atoms with Crippen LogP contribution < -0.4 is 11.1 Å². The summed E-state index contributed by atoms with van der Waals surface area (Å²) >= 11 is 0. The van der Waals surface area contributed by atoms with E-state index in [2.05, 4.69) is 26.1 Å². The molecular formula is C16H32N2. The van der Waals surface area contributed by atoms with Crippen molar-refractivity contribution in [3.63, 3.8) is 0 Å². The molecule has 2 nitrogen and oxygen atoms in total. The lowest BCUT2D eigenvalue weighted by molar-refractivity contribution is 0.101. The first-order chi connectivity index (χ1) is 8.51. The fraction of sp³-hybridized carbons (Fsp3) is 1.00. The maximum Gasteiger partial charge on any atom is 0.0304 e. The second kappa shape index (κ2) is 5.50. The number of hydrogen-bond donors (Lipinski definition) is 2. The summed E-state index contributed by atoms with van der Waals surface area (Å²) in [6.07, 6.45) is 9.43. The van der Waals surface area contributed by atoms with E-state index in [1.54, 1.807) is 0 Å². The molecule has 0 spiro atoms. The second-order valence-electron chi connectivity index (χ2n) is 7.43. The topological polar surface area (TPSA) is 38.0 Å². The van der Waals surface area contributed by atoms with E-state index in [0.29, 0.717) is 5.41 Å². The van der Waals surface area contributed by atoms with Gasteiger partial charge < -0.3 is 11.1 Å². The van der Waals surface area contributed by atoms with E-state index in [-0.39, 0.29) is 5.54 Å². The van der Waals surface area contributed by atoms with E-state index in [9.17, 15) is 0 Å². The lowest BCUT2D eigenvalue weighted by atomic mass is 9.65. The third kappa shape index (κ3) is 3.27. The molecule has 2 fully saturated rings. The van der Waals surface area contributed by atoms with Crippen LogP contribution >= 0.6 is 0 Å². The minimum atomic E-state index is 0.267. The van der Waals surface area contributed by atoms with Crippen LogP contribution in [0.5, 0.6) is 0 Å². The van der Waals surface area contributed by atoms with Crippen LogP contribution in [0.2, 0.25) is 0 Å². The Balaban J connectivity index is 1.85. The van der Waals surface area contributed by atoms with Crippen LogP contribution in [-0.2, 0) is 0 Å². The molecule has 0 radical (unpaired) electrons. The quantitative estimate of drug-likeness (QED) is 0.761. The minimum absolute atomic E-state index is 0.267. The van der Waals surface area contributed by atoms with E-state index >= 15 is 0 Å². The largest absolute Gasteiger partial charge is 0.329 e. The van der Waals surface area contributed by atoms with Crippen LogP contribution in [0.3, 0.4) is 0 Å². The summed E-state index contributed by atoms with van der Waals surface area (Å²) in [6.45, 7) is 9.23. The molecule has 0 saturated heterocycles. The van der Waals surface area contributed by atoms with E-state index < -0.39 is 0 Å². The lowest BCUT2D eigenvalue weighted by Crippen LogP contribution is -2.54. The molecule has 2 aliphatic rings. The molecule has 2 saturated carbocycles. The monoisotopic (exact) mass is 252 g/mol. The molecule has 106 valence electrons. The average Bonchev–Trinajstić information content (AvgIpc) is 3.21. The third-order valence-electron chi connectivity index (χ3n) is 5.81. The van der Waals surface area contributed by atoms with Crippen LogP contribution in [-0.4, -0.2) is 18.6 Å². The summed E-state index contributed by atoms with van der Waals surface area (Å²) in [7, 11) is 0. The molecule has 2 rings (SSSR count). The van der Waals surface area contributed by atoms with Gasteiger partial charge in [-0.3, -0.25) is 0 Å². The van der Waals surface area contributed by atoms with Crippen molar-refractivity contribution in [2.75, 3.05) is 13.1 Å². The summed E-state index contributed by atoms with van der Waals surface area (Å²) in [6, 6.07) is 0. The Bertz CT molecular complexity index is 260. The highest BCUT2D eigenvalue weighted by Gasteiger charge is 2.39. The molecule has 18 heavy (non-hydrogen) atoms. The predicted molar refractivity (Wildman–Crippen MR) is 78.5 cm³/mol. The van der Waals surface area contributed by atoms with Crippen molar-refractivity contribution < 1.29 is 0 Å². The molecule has 3 N–H and O–H groups in total. The Kier molecular flexibility index (Phi) is 4.38. The molecule has 0 aliphatic heterocycles. The smallest absolute Gasteiger partial charge is 0.0304 e. The summed E-state index contributed by atoms with van der Waals surface area (Å²) in [5.41, 5.74) is 6.85. The Morgan fingerprint density at radius 2 is 1.78 bits per heavy atom. The first-order valence-corrected chi connectivity index (χ1v) is 7.96. The van der Waals surface area contributed by atoms with Crippen LogP contribution in [0, 0.1) is 17.3 Å². The number of rotatable bonds is 6. The minimum Gasteiger partial charge on any atom is -0.329 e. The fourth-order valence-electron chi connectivity index (χ4n) is 3.38. The molecule has 0 atom stereocenters. The summed E-state index contributed by atoms with van der Waals surface area (Å²) in [5, 5.41) is 3.81. The molecule has 0 amide bonds. The van der Waals surface area contributed by atoms with Crippen molar-refractivity contribution in [1.29, 1.82) is 0 Å². The standard InChI is InChI=1S/C16H32N2/c1-4-15(2,3)14-7-9-16(12-17,10-8-14)18-11-13-5-6-13/h13-14,18H,4-12,17H2,1-3H3. The van der Waals surface area contributed by atoms with E-state index in [0.717, 1.165) is 18.4 Å². The Labute approximate surface area is 113 Å². The van der Waals surface area contributed by atoms with Crippen LogP contribution in [0.4, 0.5) is 0 Å². The van der Waals surface area contributed by atoms with Gasteiger partial charge in [-0.05, 0) is 62.3 Å². The SMILES string of the molecule is CCC(C)(C)C1CCC(CN)(NCC2CC2)CC1. The van der Waals surface area contributed by atoms with Gasteiger partial charge >= 0.3 is 0 Å². The van der Waals surface area contributed by atoms with Crippen LogP contribution in [0.25, 0.3) is 0 Å². The van der Waals surface area contributed by atoms with Gasteiger partial charge in [0.2, 0.25) is 0 Å². The highest BCUT2D eigenvalue weighted by Crippen LogP contribution is 2.43. The maximum atomic E-state index is 6.07. The number of hydrogen-bond acceptors (Lipinski definition) is 2. The Hall–Kier alpha value is -0.0800. The van der Waals surface area contributed by atoms with E-state index in [1.807, 2.05) is 0 Å². The van der Waals surface area contributed by atoms with Crippen molar-refractivity contribution in [2.24, 2.45) is 23.0 Å². The molecule has 0 aromatic carbocycles. The average molecular weight is 252 g/mol. The fourth-order valence-corrected chi connectivity index (χ4v) is 3.38. The molecule has 0 unspecified atom stereocenters. The van der Waals surface area contributed by atoms with Crippen molar-refractivity contribution in [3.05, 3.63) is 0 Å². The summed E-state index contributed by atoms with van der Waals surface area (Å²) < 4.78 is 0. The Morgan fingerprint density at radius 3 is 2.22 bits per heavy atom. The molecule has 0 bridgehead atoms. The van der Waals surface area contributed by atoms with Crippen molar-refractivity contribution in [1.82, 2.24) is 5.32 Å². The zero-order chi connectivity index (χ0) is 13.2. The van der Waals surface area contributed by atoms with Gasteiger partial charge in [-0.1, -0.05) is 27.2 Å². The molecule has 2 heteroatoms. The molecule has 0 aromatic heterocycles. The zero-order valence-corrected chi connectivity index (χ0v) is 12.6. The second-order valence-corrected chi connectivity index (χ2v) is 7.43. The highest BCUT2D eigenvalue weighted by molar-refractivity contribution is 4.97. The van der Waals surface area contributed by atoms with Gasteiger partial charge in [-0.25, -0.2) is 0 Å². The van der Waals surface area contributed by atoms with Crippen molar-refractivity contribution >= 4 is 0 Å². The molecule has 2 aliphatic carbocycles. The Morgan fingerprint density at radius 1 is 1.17 bits per heavy atom. The first kappa shape index (κ1) is 14.3. The van der Waals surface area contributed by atoms with Gasteiger partial charge in [0, 0.05) is 12.1 Å². The first-order valence-electron chi connectivity index (χ1n) is 7.96. The van der Waals surface area contributed by atoms with Crippen molar-refractivity contribution in [3.8, 4) is 0 Å². The summed E-state index contributed by atoms with van der Waals surface area (Å²) in [4.78, 5) is 0. The van der Waals surface area contributed by atoms with Gasteiger partial charge in [0.25, 0.3) is 0 Å². The third-order valence-corrected chi connectivity index (χ3v) is 5.81. The van der Waals surface area contributed by atoms with E-state index in [1.165, 1.54) is 51.5 Å². The number of nitrogens with one attached hydrogen (secondary N) is 1. The predicted octanol–water partition coefficient (Wildman–Crippen LogP) is 3.31.